The van der Waals surface area contributed by atoms with Gasteiger partial charge in [0.2, 0.25) is 0 Å². The van der Waals surface area contributed by atoms with E-state index in [2.05, 4.69) is 22.6 Å². The van der Waals surface area contributed by atoms with Crippen LogP contribution < -0.4 is 0 Å². The zero-order chi connectivity index (χ0) is 12.0. The molecule has 5 heteroatoms. The molecule has 0 aromatic heterocycles. The zero-order valence-electron chi connectivity index (χ0n) is 9.02. The van der Waals surface area contributed by atoms with Crippen LogP contribution in [0.3, 0.4) is 0 Å². The third-order valence-corrected chi connectivity index (χ3v) is 2.74. The number of aliphatic hydroxyl groups excluding tert-OH is 1. The van der Waals surface area contributed by atoms with Gasteiger partial charge in [-0.1, -0.05) is 12.1 Å². The van der Waals surface area contributed by atoms with Gasteiger partial charge in [-0.05, 0) is 40.3 Å². The summed E-state index contributed by atoms with van der Waals surface area (Å²) in [5, 5.41) is 8.65. The maximum Gasteiger partial charge on any atom is 0.409 e. The smallest absolute Gasteiger partial charge is 0.409 e. The van der Waals surface area contributed by atoms with Gasteiger partial charge in [0.05, 0.1) is 6.61 Å². The first kappa shape index (κ1) is 13.2. The molecule has 0 aliphatic heterocycles. The summed E-state index contributed by atoms with van der Waals surface area (Å²) in [6.45, 7) is 0.478. The molecule has 0 aliphatic rings. The number of amides is 1. The molecule has 88 valence electrons. The molecule has 1 amide bonds. The van der Waals surface area contributed by atoms with Crippen LogP contribution in [0, 0.1) is 3.57 Å². The molecule has 0 radical (unpaired) electrons. The van der Waals surface area contributed by atoms with Gasteiger partial charge in [-0.15, -0.1) is 0 Å². The van der Waals surface area contributed by atoms with Crippen LogP contribution in [-0.4, -0.2) is 36.3 Å². The van der Waals surface area contributed by atoms with Crippen molar-refractivity contribution in [1.29, 1.82) is 0 Å². The van der Waals surface area contributed by atoms with Gasteiger partial charge in [0.1, 0.15) is 6.61 Å². The Balaban J connectivity index is 2.39. The number of carbonyl (C=O) groups is 1. The summed E-state index contributed by atoms with van der Waals surface area (Å²) in [6.07, 6.45) is -0.424. The zero-order valence-corrected chi connectivity index (χ0v) is 11.2. The molecule has 0 aliphatic carbocycles. The molecule has 1 aromatic rings. The number of nitrogens with zero attached hydrogens (tertiary/aromatic N) is 1. The monoisotopic (exact) mass is 335 g/mol. The number of halogens is 1. The molecular weight excluding hydrogens is 321 g/mol. The SMILES string of the molecule is CN(CCO)C(=O)OCc1ccc(I)cc1. The van der Waals surface area contributed by atoms with E-state index < -0.39 is 6.09 Å². The van der Waals surface area contributed by atoms with Gasteiger partial charge in [0.25, 0.3) is 0 Å². The van der Waals surface area contributed by atoms with Crippen molar-refractivity contribution in [2.24, 2.45) is 0 Å². The van der Waals surface area contributed by atoms with E-state index in [0.717, 1.165) is 9.13 Å². The summed E-state index contributed by atoms with van der Waals surface area (Å²) in [7, 11) is 1.59. The fraction of sp³-hybridized carbons (Fsp3) is 0.364. The van der Waals surface area contributed by atoms with E-state index in [1.165, 1.54) is 4.90 Å². The fourth-order valence-electron chi connectivity index (χ4n) is 1.08. The van der Waals surface area contributed by atoms with Crippen LogP contribution >= 0.6 is 22.6 Å². The lowest BCUT2D eigenvalue weighted by Gasteiger charge is -2.15. The van der Waals surface area contributed by atoms with Crippen molar-refractivity contribution >= 4 is 28.7 Å². The first-order chi connectivity index (χ1) is 7.63. The summed E-state index contributed by atoms with van der Waals surface area (Å²) < 4.78 is 6.20. The van der Waals surface area contributed by atoms with Crippen molar-refractivity contribution in [1.82, 2.24) is 4.90 Å². The normalized spacial score (nSPS) is 9.94. The lowest BCUT2D eigenvalue weighted by Crippen LogP contribution is -2.29. The third kappa shape index (κ3) is 4.36. The minimum atomic E-state index is -0.424. The van der Waals surface area contributed by atoms with E-state index in [1.54, 1.807) is 7.05 Å². The van der Waals surface area contributed by atoms with Crippen molar-refractivity contribution < 1.29 is 14.6 Å². The minimum Gasteiger partial charge on any atom is -0.445 e. The Hall–Kier alpha value is -0.820. The van der Waals surface area contributed by atoms with Crippen LogP contribution in [0.25, 0.3) is 0 Å². The maximum absolute atomic E-state index is 11.4. The van der Waals surface area contributed by atoms with Gasteiger partial charge in [0, 0.05) is 17.2 Å². The highest BCUT2D eigenvalue weighted by atomic mass is 127. The van der Waals surface area contributed by atoms with E-state index in [-0.39, 0.29) is 19.8 Å². The Morgan fingerprint density at radius 3 is 2.62 bits per heavy atom. The van der Waals surface area contributed by atoms with Gasteiger partial charge in [-0.2, -0.15) is 0 Å². The fourth-order valence-corrected chi connectivity index (χ4v) is 1.44. The highest BCUT2D eigenvalue weighted by molar-refractivity contribution is 14.1. The average molecular weight is 335 g/mol. The molecule has 0 heterocycles. The predicted octanol–water partition coefficient (Wildman–Crippen LogP) is 1.85. The number of ether oxygens (including phenoxy) is 1. The summed E-state index contributed by atoms with van der Waals surface area (Å²) in [5.41, 5.74) is 0.950. The molecule has 1 aromatic carbocycles. The van der Waals surface area contributed by atoms with Crippen LogP contribution in [0.1, 0.15) is 5.56 Å². The first-order valence-corrected chi connectivity index (χ1v) is 5.94. The average Bonchev–Trinajstić information content (AvgIpc) is 2.28. The lowest BCUT2D eigenvalue weighted by atomic mass is 10.2. The van der Waals surface area contributed by atoms with Gasteiger partial charge >= 0.3 is 6.09 Å². The number of likely N-dealkylation sites (N-methyl/N-ethyl adjacent to an activating group) is 1. The van der Waals surface area contributed by atoms with Crippen molar-refractivity contribution in [3.8, 4) is 0 Å². The van der Waals surface area contributed by atoms with Crippen LogP contribution in [-0.2, 0) is 11.3 Å². The molecule has 16 heavy (non-hydrogen) atoms. The number of aliphatic hydroxyl groups is 1. The Morgan fingerprint density at radius 2 is 2.06 bits per heavy atom. The van der Waals surface area contributed by atoms with Crippen molar-refractivity contribution in [3.05, 3.63) is 33.4 Å². The Labute approximate surface area is 108 Å². The molecule has 0 saturated carbocycles. The predicted molar refractivity (Wildman–Crippen MR) is 69.1 cm³/mol. The molecule has 0 unspecified atom stereocenters. The summed E-state index contributed by atoms with van der Waals surface area (Å²) in [4.78, 5) is 12.7. The maximum atomic E-state index is 11.4. The van der Waals surface area contributed by atoms with Gasteiger partial charge in [0.15, 0.2) is 0 Å². The van der Waals surface area contributed by atoms with Crippen molar-refractivity contribution in [2.45, 2.75) is 6.61 Å². The summed E-state index contributed by atoms with van der Waals surface area (Å²) in [6, 6.07) is 7.75. The van der Waals surface area contributed by atoms with E-state index >= 15 is 0 Å². The van der Waals surface area contributed by atoms with Crippen LogP contribution in [0.2, 0.25) is 0 Å². The second-order valence-electron chi connectivity index (χ2n) is 3.33. The molecular formula is C11H14INO3. The van der Waals surface area contributed by atoms with Gasteiger partial charge in [-0.3, -0.25) is 0 Å². The Kier molecular flexibility index (Phi) is 5.54. The highest BCUT2D eigenvalue weighted by Gasteiger charge is 2.08. The van der Waals surface area contributed by atoms with E-state index in [9.17, 15) is 4.79 Å². The molecule has 0 fully saturated rings. The lowest BCUT2D eigenvalue weighted by molar-refractivity contribution is 0.0978. The van der Waals surface area contributed by atoms with E-state index in [4.69, 9.17) is 9.84 Å². The van der Waals surface area contributed by atoms with Crippen LogP contribution in [0.5, 0.6) is 0 Å². The molecule has 1 N–H and O–H groups in total. The van der Waals surface area contributed by atoms with Gasteiger partial charge in [-0.25, -0.2) is 4.79 Å². The molecule has 0 atom stereocenters. The van der Waals surface area contributed by atoms with Crippen LogP contribution in [0.4, 0.5) is 4.79 Å². The number of hydrogen-bond acceptors (Lipinski definition) is 3. The summed E-state index contributed by atoms with van der Waals surface area (Å²) in [5.74, 6) is 0. The van der Waals surface area contributed by atoms with Crippen molar-refractivity contribution in [2.75, 3.05) is 20.2 Å². The third-order valence-electron chi connectivity index (χ3n) is 2.02. The molecule has 0 bridgehead atoms. The standard InChI is InChI=1S/C11H14INO3/c1-13(6-7-14)11(15)16-8-9-2-4-10(12)5-3-9/h2-5,14H,6-8H2,1H3. The van der Waals surface area contributed by atoms with Crippen LogP contribution in [0.15, 0.2) is 24.3 Å². The van der Waals surface area contributed by atoms with E-state index in [1.807, 2.05) is 24.3 Å². The molecule has 1 rings (SSSR count). The Bertz CT molecular complexity index is 340. The minimum absolute atomic E-state index is 0.0604. The number of rotatable bonds is 4. The largest absolute Gasteiger partial charge is 0.445 e. The number of benzene rings is 1. The second-order valence-corrected chi connectivity index (χ2v) is 4.57. The molecule has 4 nitrogen and oxygen atoms in total. The molecule has 0 saturated heterocycles. The highest BCUT2D eigenvalue weighted by Crippen LogP contribution is 2.08. The quantitative estimate of drug-likeness (QED) is 0.855. The summed E-state index contributed by atoms with van der Waals surface area (Å²) >= 11 is 2.22. The Morgan fingerprint density at radius 1 is 1.44 bits per heavy atom. The van der Waals surface area contributed by atoms with Crippen molar-refractivity contribution in [3.63, 3.8) is 0 Å². The molecule has 0 spiro atoms. The topological polar surface area (TPSA) is 49.8 Å². The van der Waals surface area contributed by atoms with Gasteiger partial charge < -0.3 is 14.7 Å². The first-order valence-electron chi connectivity index (χ1n) is 4.86. The number of hydrogen-bond donors (Lipinski definition) is 1. The number of carbonyl (C=O) groups excluding carboxylic acids is 1. The van der Waals surface area contributed by atoms with E-state index in [0.29, 0.717) is 0 Å². The second kappa shape index (κ2) is 6.70.